The first-order valence-corrected chi connectivity index (χ1v) is 7.34. The minimum atomic E-state index is -3.67. The van der Waals surface area contributed by atoms with E-state index >= 15 is 0 Å². The van der Waals surface area contributed by atoms with E-state index in [-0.39, 0.29) is 16.6 Å². The summed E-state index contributed by atoms with van der Waals surface area (Å²) < 4.78 is 26.0. The van der Waals surface area contributed by atoms with Gasteiger partial charge < -0.3 is 5.11 Å². The third-order valence-electron chi connectivity index (χ3n) is 1.72. The lowest BCUT2D eigenvalue weighted by Crippen LogP contribution is -2.13. The SMILES string of the molecule is O=S(=O)(Nc1nncs1)c1ccsc1CO. The predicted octanol–water partition coefficient (Wildman–Crippen LogP) is 0.893. The van der Waals surface area contributed by atoms with Gasteiger partial charge in [0.25, 0.3) is 10.0 Å². The second-order valence-electron chi connectivity index (χ2n) is 2.72. The van der Waals surface area contributed by atoms with E-state index in [1.54, 1.807) is 5.38 Å². The van der Waals surface area contributed by atoms with Crippen molar-refractivity contribution in [3.63, 3.8) is 0 Å². The third-order valence-corrected chi connectivity index (χ3v) is 4.91. The van der Waals surface area contributed by atoms with Crippen LogP contribution in [0.3, 0.4) is 0 Å². The number of hydrogen-bond acceptors (Lipinski definition) is 7. The molecule has 0 aromatic carbocycles. The van der Waals surface area contributed by atoms with Crippen LogP contribution in [-0.2, 0) is 16.6 Å². The van der Waals surface area contributed by atoms with Gasteiger partial charge in [-0.25, -0.2) is 8.42 Å². The summed E-state index contributed by atoms with van der Waals surface area (Å²) in [5.41, 5.74) is 1.43. The largest absolute Gasteiger partial charge is 0.391 e. The molecular formula is C7H7N3O3S3. The first-order chi connectivity index (χ1) is 7.63. The number of aliphatic hydroxyl groups is 1. The van der Waals surface area contributed by atoms with Crippen LogP contribution in [0.4, 0.5) is 5.13 Å². The maximum absolute atomic E-state index is 11.9. The molecule has 0 aliphatic heterocycles. The number of aliphatic hydroxyl groups excluding tert-OH is 1. The zero-order valence-corrected chi connectivity index (χ0v) is 10.3. The van der Waals surface area contributed by atoms with E-state index in [2.05, 4.69) is 14.9 Å². The summed E-state index contributed by atoms with van der Waals surface area (Å²) in [6, 6.07) is 1.44. The molecule has 0 fully saturated rings. The summed E-state index contributed by atoms with van der Waals surface area (Å²) in [6.45, 7) is -0.302. The molecule has 2 aromatic rings. The minimum Gasteiger partial charge on any atom is -0.391 e. The first kappa shape index (κ1) is 11.5. The Morgan fingerprint density at radius 2 is 2.25 bits per heavy atom. The Balaban J connectivity index is 2.33. The van der Waals surface area contributed by atoms with Gasteiger partial charge in [0, 0.05) is 0 Å². The van der Waals surface area contributed by atoms with Crippen LogP contribution in [0, 0.1) is 0 Å². The second kappa shape index (κ2) is 4.45. The maximum atomic E-state index is 11.9. The van der Waals surface area contributed by atoms with Crippen molar-refractivity contribution in [2.45, 2.75) is 11.5 Å². The maximum Gasteiger partial charge on any atom is 0.264 e. The average molecular weight is 277 g/mol. The Bertz CT molecular complexity index is 561. The van der Waals surface area contributed by atoms with Gasteiger partial charge in [-0.1, -0.05) is 11.3 Å². The quantitative estimate of drug-likeness (QED) is 0.866. The molecule has 0 aliphatic rings. The highest BCUT2D eigenvalue weighted by atomic mass is 32.2. The van der Waals surface area contributed by atoms with Gasteiger partial charge in [-0.15, -0.1) is 21.5 Å². The highest BCUT2D eigenvalue weighted by Gasteiger charge is 2.20. The van der Waals surface area contributed by atoms with Crippen molar-refractivity contribution in [3.05, 3.63) is 21.8 Å². The van der Waals surface area contributed by atoms with E-state index < -0.39 is 10.0 Å². The van der Waals surface area contributed by atoms with Crippen LogP contribution in [0.15, 0.2) is 21.9 Å². The predicted molar refractivity (Wildman–Crippen MR) is 61.0 cm³/mol. The van der Waals surface area contributed by atoms with E-state index in [0.717, 1.165) is 11.3 Å². The Morgan fingerprint density at radius 3 is 2.88 bits per heavy atom. The van der Waals surface area contributed by atoms with Crippen LogP contribution in [0.2, 0.25) is 0 Å². The smallest absolute Gasteiger partial charge is 0.264 e. The number of aromatic nitrogens is 2. The molecule has 2 heterocycles. The number of nitrogens with one attached hydrogen (secondary N) is 1. The van der Waals surface area contributed by atoms with E-state index in [9.17, 15) is 8.42 Å². The van der Waals surface area contributed by atoms with E-state index in [0.29, 0.717) is 4.88 Å². The molecule has 0 saturated heterocycles. The van der Waals surface area contributed by atoms with Gasteiger partial charge in [-0.3, -0.25) is 4.72 Å². The average Bonchev–Trinajstić information content (AvgIpc) is 2.85. The van der Waals surface area contributed by atoms with Crippen molar-refractivity contribution in [1.82, 2.24) is 10.2 Å². The van der Waals surface area contributed by atoms with Gasteiger partial charge in [0.1, 0.15) is 10.4 Å². The second-order valence-corrected chi connectivity index (χ2v) is 6.20. The van der Waals surface area contributed by atoms with Crippen molar-refractivity contribution in [1.29, 1.82) is 0 Å². The third kappa shape index (κ3) is 2.21. The lowest BCUT2D eigenvalue weighted by atomic mass is 10.5. The van der Waals surface area contributed by atoms with Crippen molar-refractivity contribution in [3.8, 4) is 0 Å². The lowest BCUT2D eigenvalue weighted by molar-refractivity contribution is 0.282. The van der Waals surface area contributed by atoms with Gasteiger partial charge in [0.05, 0.1) is 11.5 Å². The Labute approximate surface area is 99.6 Å². The molecule has 0 bridgehead atoms. The Kier molecular flexibility index (Phi) is 3.19. The minimum absolute atomic E-state index is 0.0789. The number of anilines is 1. The number of thiophene rings is 1. The highest BCUT2D eigenvalue weighted by molar-refractivity contribution is 7.93. The van der Waals surface area contributed by atoms with Gasteiger partial charge in [-0.05, 0) is 11.4 Å². The summed E-state index contributed by atoms with van der Waals surface area (Å²) >= 11 is 2.28. The molecule has 2 N–H and O–H groups in total. The highest BCUT2D eigenvalue weighted by Crippen LogP contribution is 2.24. The topological polar surface area (TPSA) is 92.2 Å². The van der Waals surface area contributed by atoms with Gasteiger partial charge >= 0.3 is 0 Å². The molecule has 0 atom stereocenters. The molecule has 2 aromatic heterocycles. The summed E-state index contributed by atoms with van der Waals surface area (Å²) in [6.07, 6.45) is 0. The zero-order chi connectivity index (χ0) is 11.6. The fraction of sp³-hybridized carbons (Fsp3) is 0.143. The molecule has 0 spiro atoms. The van der Waals surface area contributed by atoms with Crippen LogP contribution >= 0.6 is 22.7 Å². The molecule has 16 heavy (non-hydrogen) atoms. The van der Waals surface area contributed by atoms with E-state index in [4.69, 9.17) is 5.11 Å². The molecule has 0 saturated carbocycles. The summed E-state index contributed by atoms with van der Waals surface area (Å²) in [5, 5.41) is 17.9. The monoisotopic (exact) mass is 277 g/mol. The van der Waals surface area contributed by atoms with E-state index in [1.807, 2.05) is 0 Å². The van der Waals surface area contributed by atoms with Gasteiger partial charge in [-0.2, -0.15) is 0 Å². The summed E-state index contributed by atoms with van der Waals surface area (Å²) in [4.78, 5) is 0.479. The normalized spacial score (nSPS) is 11.6. The van der Waals surface area contributed by atoms with Gasteiger partial charge in [0.2, 0.25) is 5.13 Å². The van der Waals surface area contributed by atoms with Crippen LogP contribution in [0.25, 0.3) is 0 Å². The van der Waals surface area contributed by atoms with Crippen molar-refractivity contribution in [2.24, 2.45) is 0 Å². The van der Waals surface area contributed by atoms with Gasteiger partial charge in [0.15, 0.2) is 0 Å². The van der Waals surface area contributed by atoms with Crippen LogP contribution in [0.5, 0.6) is 0 Å². The van der Waals surface area contributed by atoms with E-state index in [1.165, 1.54) is 22.9 Å². The molecule has 0 aliphatic carbocycles. The van der Waals surface area contributed by atoms with Crippen LogP contribution in [-0.4, -0.2) is 23.7 Å². The van der Waals surface area contributed by atoms with Crippen LogP contribution < -0.4 is 4.72 Å². The fourth-order valence-corrected chi connectivity index (χ4v) is 4.06. The summed E-state index contributed by atoms with van der Waals surface area (Å²) in [5.74, 6) is 0. The Hall–Kier alpha value is -1.03. The number of hydrogen-bond donors (Lipinski definition) is 2. The number of nitrogens with zero attached hydrogens (tertiary/aromatic N) is 2. The standard InChI is InChI=1S/C7H7N3O3S3/c11-3-5-6(1-2-14-5)16(12,13)10-7-9-8-4-15-7/h1-2,4,11H,3H2,(H,9,10). The van der Waals surface area contributed by atoms with Crippen molar-refractivity contribution < 1.29 is 13.5 Å². The zero-order valence-electron chi connectivity index (χ0n) is 7.82. The molecule has 0 unspecified atom stereocenters. The number of rotatable bonds is 4. The Morgan fingerprint density at radius 1 is 1.44 bits per heavy atom. The fourth-order valence-electron chi connectivity index (χ4n) is 1.07. The van der Waals surface area contributed by atoms with Crippen molar-refractivity contribution in [2.75, 3.05) is 4.72 Å². The van der Waals surface area contributed by atoms with Crippen LogP contribution in [0.1, 0.15) is 4.88 Å². The molecule has 6 nitrogen and oxygen atoms in total. The molecule has 2 rings (SSSR count). The number of sulfonamides is 1. The lowest BCUT2D eigenvalue weighted by Gasteiger charge is -2.03. The molecule has 86 valence electrons. The first-order valence-electron chi connectivity index (χ1n) is 4.09. The molecule has 9 heteroatoms. The summed E-state index contributed by atoms with van der Waals surface area (Å²) in [7, 11) is -3.67. The molecule has 0 amide bonds. The van der Waals surface area contributed by atoms with Crippen molar-refractivity contribution >= 4 is 37.8 Å². The molecular weight excluding hydrogens is 270 g/mol. The molecule has 0 radical (unpaired) electrons.